The maximum absolute atomic E-state index is 5.38. The van der Waals surface area contributed by atoms with Gasteiger partial charge in [-0.3, -0.25) is 0 Å². The number of halogens is 1. The van der Waals surface area contributed by atoms with Crippen LogP contribution in [0.4, 0.5) is 0 Å². The number of ether oxygens (including phenoxy) is 3. The first-order valence-corrected chi connectivity index (χ1v) is 7.11. The topological polar surface area (TPSA) is 27.7 Å². The Balaban J connectivity index is 2.47. The lowest BCUT2D eigenvalue weighted by molar-refractivity contribution is 0.324. The third-order valence-corrected chi connectivity index (χ3v) is 4.13. The fourth-order valence-electron chi connectivity index (χ4n) is 2.06. The van der Waals surface area contributed by atoms with Crippen molar-refractivity contribution >= 4 is 15.9 Å². The largest absolute Gasteiger partial charge is 0.493 e. The third kappa shape index (κ3) is 2.90. The Kier molecular flexibility index (Phi) is 4.90. The highest BCUT2D eigenvalue weighted by molar-refractivity contribution is 9.09. The first-order chi connectivity index (χ1) is 9.71. The molecule has 0 saturated carbocycles. The Morgan fingerprint density at radius 2 is 1.35 bits per heavy atom. The number of hydrogen-bond acceptors (Lipinski definition) is 3. The predicted molar refractivity (Wildman–Crippen MR) is 83.3 cm³/mol. The maximum Gasteiger partial charge on any atom is 0.203 e. The van der Waals surface area contributed by atoms with Gasteiger partial charge in [-0.05, 0) is 23.3 Å². The van der Waals surface area contributed by atoms with Crippen molar-refractivity contribution in [3.63, 3.8) is 0 Å². The molecular weight excluding hydrogens is 320 g/mol. The minimum absolute atomic E-state index is 0.0670. The predicted octanol–water partition coefficient (Wildman–Crippen LogP) is 4.20. The molecule has 0 aromatic heterocycles. The van der Waals surface area contributed by atoms with Gasteiger partial charge >= 0.3 is 0 Å². The average molecular weight is 337 g/mol. The second-order valence-corrected chi connectivity index (χ2v) is 5.15. The van der Waals surface area contributed by atoms with Crippen molar-refractivity contribution < 1.29 is 14.2 Å². The molecule has 2 aromatic rings. The Hall–Kier alpha value is -1.68. The van der Waals surface area contributed by atoms with Gasteiger partial charge in [0, 0.05) is 0 Å². The van der Waals surface area contributed by atoms with Crippen LogP contribution in [0.2, 0.25) is 0 Å². The van der Waals surface area contributed by atoms with E-state index >= 15 is 0 Å². The fraction of sp³-hybridized carbons (Fsp3) is 0.250. The van der Waals surface area contributed by atoms with Gasteiger partial charge in [-0.25, -0.2) is 0 Å². The van der Waals surface area contributed by atoms with Crippen molar-refractivity contribution in [2.45, 2.75) is 4.83 Å². The van der Waals surface area contributed by atoms with Crippen LogP contribution in [0.25, 0.3) is 0 Å². The Bertz CT molecular complexity index is 544. The molecule has 4 heteroatoms. The smallest absolute Gasteiger partial charge is 0.203 e. The number of benzene rings is 2. The van der Waals surface area contributed by atoms with E-state index in [1.54, 1.807) is 21.3 Å². The minimum Gasteiger partial charge on any atom is -0.493 e. The summed E-state index contributed by atoms with van der Waals surface area (Å²) in [4.78, 5) is 0.0670. The van der Waals surface area contributed by atoms with Crippen molar-refractivity contribution in [3.8, 4) is 17.2 Å². The van der Waals surface area contributed by atoms with Gasteiger partial charge in [0.1, 0.15) is 0 Å². The second kappa shape index (κ2) is 6.66. The van der Waals surface area contributed by atoms with E-state index in [2.05, 4.69) is 28.1 Å². The minimum atomic E-state index is 0.0670. The first kappa shape index (κ1) is 14.7. The molecule has 2 rings (SSSR count). The van der Waals surface area contributed by atoms with Crippen molar-refractivity contribution in [1.29, 1.82) is 0 Å². The van der Waals surface area contributed by atoms with Gasteiger partial charge in [-0.1, -0.05) is 46.3 Å². The second-order valence-electron chi connectivity index (χ2n) is 4.23. The molecule has 106 valence electrons. The molecular formula is C16H17BrO3. The standard InChI is InChI=1S/C16H17BrO3/c1-18-13-9-12(10-14(19-2)16(13)20-3)15(17)11-7-5-4-6-8-11/h4-10,15H,1-3H3. The van der Waals surface area contributed by atoms with Gasteiger partial charge in [0.2, 0.25) is 5.75 Å². The van der Waals surface area contributed by atoms with Crippen molar-refractivity contribution in [2.24, 2.45) is 0 Å². The normalized spacial score (nSPS) is 11.8. The highest BCUT2D eigenvalue weighted by atomic mass is 79.9. The van der Waals surface area contributed by atoms with Crippen LogP contribution in [-0.4, -0.2) is 21.3 Å². The summed E-state index contributed by atoms with van der Waals surface area (Å²) < 4.78 is 16.1. The number of hydrogen-bond donors (Lipinski definition) is 0. The molecule has 0 spiro atoms. The van der Waals surface area contributed by atoms with Gasteiger partial charge in [-0.2, -0.15) is 0 Å². The molecule has 0 aliphatic heterocycles. The van der Waals surface area contributed by atoms with Crippen molar-refractivity contribution in [1.82, 2.24) is 0 Å². The van der Waals surface area contributed by atoms with E-state index in [9.17, 15) is 0 Å². The van der Waals surface area contributed by atoms with E-state index in [0.29, 0.717) is 17.2 Å². The lowest BCUT2D eigenvalue weighted by Gasteiger charge is -2.17. The quantitative estimate of drug-likeness (QED) is 0.766. The number of methoxy groups -OCH3 is 3. The van der Waals surface area contributed by atoms with Gasteiger partial charge < -0.3 is 14.2 Å². The zero-order chi connectivity index (χ0) is 14.5. The molecule has 0 aliphatic carbocycles. The lowest BCUT2D eigenvalue weighted by atomic mass is 10.0. The molecule has 0 amide bonds. The highest BCUT2D eigenvalue weighted by Crippen LogP contribution is 2.42. The SMILES string of the molecule is COc1cc(C(Br)c2ccccc2)cc(OC)c1OC. The van der Waals surface area contributed by atoms with E-state index < -0.39 is 0 Å². The number of rotatable bonds is 5. The van der Waals surface area contributed by atoms with E-state index in [1.165, 1.54) is 5.56 Å². The molecule has 2 aromatic carbocycles. The molecule has 20 heavy (non-hydrogen) atoms. The van der Waals surface area contributed by atoms with Crippen LogP contribution in [0.3, 0.4) is 0 Å². The molecule has 0 aliphatic rings. The summed E-state index contributed by atoms with van der Waals surface area (Å²) in [6, 6.07) is 14.1. The van der Waals surface area contributed by atoms with Crippen molar-refractivity contribution in [2.75, 3.05) is 21.3 Å². The molecule has 3 nitrogen and oxygen atoms in total. The van der Waals surface area contributed by atoms with E-state index in [0.717, 1.165) is 5.56 Å². The molecule has 0 fully saturated rings. The fourth-order valence-corrected chi connectivity index (χ4v) is 2.63. The summed E-state index contributed by atoms with van der Waals surface area (Å²) in [7, 11) is 4.84. The molecule has 0 N–H and O–H groups in total. The molecule has 0 radical (unpaired) electrons. The molecule has 1 atom stereocenters. The molecule has 0 bridgehead atoms. The zero-order valence-electron chi connectivity index (χ0n) is 11.7. The Morgan fingerprint density at radius 1 is 0.800 bits per heavy atom. The Morgan fingerprint density at radius 3 is 1.80 bits per heavy atom. The van der Waals surface area contributed by atoms with E-state index in [1.807, 2.05) is 30.3 Å². The summed E-state index contributed by atoms with van der Waals surface area (Å²) in [5.41, 5.74) is 2.22. The van der Waals surface area contributed by atoms with Crippen molar-refractivity contribution in [3.05, 3.63) is 53.6 Å². The van der Waals surface area contributed by atoms with Crippen LogP contribution in [0, 0.1) is 0 Å². The third-order valence-electron chi connectivity index (χ3n) is 3.07. The monoisotopic (exact) mass is 336 g/mol. The van der Waals surface area contributed by atoms with Gasteiger partial charge in [0.25, 0.3) is 0 Å². The zero-order valence-corrected chi connectivity index (χ0v) is 13.3. The summed E-state index contributed by atoms with van der Waals surface area (Å²) in [6.45, 7) is 0. The van der Waals surface area contributed by atoms with Gasteiger partial charge in [-0.15, -0.1) is 0 Å². The van der Waals surface area contributed by atoms with Gasteiger partial charge in [0.05, 0.1) is 26.2 Å². The molecule has 0 heterocycles. The lowest BCUT2D eigenvalue weighted by Crippen LogP contribution is -1.99. The van der Waals surface area contributed by atoms with Crippen LogP contribution in [-0.2, 0) is 0 Å². The first-order valence-electron chi connectivity index (χ1n) is 6.20. The summed E-state index contributed by atoms with van der Waals surface area (Å²) in [6.07, 6.45) is 0. The van der Waals surface area contributed by atoms with E-state index in [4.69, 9.17) is 14.2 Å². The molecule has 1 unspecified atom stereocenters. The maximum atomic E-state index is 5.38. The van der Waals surface area contributed by atoms with Crippen LogP contribution >= 0.6 is 15.9 Å². The van der Waals surface area contributed by atoms with Crippen LogP contribution in [0.1, 0.15) is 16.0 Å². The van der Waals surface area contributed by atoms with Crippen LogP contribution in [0.5, 0.6) is 17.2 Å². The molecule has 0 saturated heterocycles. The summed E-state index contributed by atoms with van der Waals surface area (Å²) in [5.74, 6) is 1.91. The summed E-state index contributed by atoms with van der Waals surface area (Å²) >= 11 is 3.72. The highest BCUT2D eigenvalue weighted by Gasteiger charge is 2.18. The Labute approximate surface area is 127 Å². The van der Waals surface area contributed by atoms with Gasteiger partial charge in [0.15, 0.2) is 11.5 Å². The number of alkyl halides is 1. The van der Waals surface area contributed by atoms with E-state index in [-0.39, 0.29) is 4.83 Å². The summed E-state index contributed by atoms with van der Waals surface area (Å²) in [5, 5.41) is 0. The van der Waals surface area contributed by atoms with Crippen LogP contribution in [0.15, 0.2) is 42.5 Å². The average Bonchev–Trinajstić information content (AvgIpc) is 2.53. The van der Waals surface area contributed by atoms with Crippen LogP contribution < -0.4 is 14.2 Å².